The van der Waals surface area contributed by atoms with Gasteiger partial charge < -0.3 is 5.73 Å². The number of halogens is 1. The van der Waals surface area contributed by atoms with Crippen LogP contribution in [0.25, 0.3) is 0 Å². The number of hydrogen-bond donors (Lipinski definition) is 1. The van der Waals surface area contributed by atoms with Crippen molar-refractivity contribution in [3.05, 3.63) is 58.6 Å². The lowest BCUT2D eigenvalue weighted by molar-refractivity contribution is -0.139. The molecule has 2 heterocycles. The van der Waals surface area contributed by atoms with Gasteiger partial charge in [0.2, 0.25) is 0 Å². The molecule has 1 aromatic heterocycles. The van der Waals surface area contributed by atoms with Gasteiger partial charge in [-0.3, -0.25) is 9.69 Å². The molecule has 162 valence electrons. The summed E-state index contributed by atoms with van der Waals surface area (Å²) >= 11 is 6.42. The molecule has 5 rings (SSSR count). The lowest BCUT2D eigenvalue weighted by Crippen LogP contribution is -2.53. The number of nitrogens with two attached hydrogens (primary N) is 1. The SMILES string of the molecule is CC1[C@H](C)CC2(Cc3ccc(Cl)cc3[C@]23N=C(N)N(Cc2ncccn2)C3=O)C[C@@H]1C. The lowest BCUT2D eigenvalue weighted by Gasteiger charge is -2.50. The fourth-order valence-electron chi connectivity index (χ4n) is 6.31. The van der Waals surface area contributed by atoms with Crippen molar-refractivity contribution in [1.29, 1.82) is 0 Å². The fraction of sp³-hybridized carbons (Fsp3) is 0.500. The zero-order valence-electron chi connectivity index (χ0n) is 18.2. The molecule has 2 aromatic rings. The van der Waals surface area contributed by atoms with Gasteiger partial charge in [0, 0.05) is 22.8 Å². The third kappa shape index (κ3) is 2.84. The summed E-state index contributed by atoms with van der Waals surface area (Å²) < 4.78 is 0. The number of carbonyl (C=O) groups excluding carboxylic acids is 1. The average Bonchev–Trinajstić information content (AvgIpc) is 3.14. The molecule has 5 atom stereocenters. The summed E-state index contributed by atoms with van der Waals surface area (Å²) in [5.74, 6) is 2.28. The Hall–Kier alpha value is -2.47. The quantitative estimate of drug-likeness (QED) is 0.771. The average molecular weight is 438 g/mol. The topological polar surface area (TPSA) is 84.5 Å². The molecule has 1 fully saturated rings. The normalized spacial score (nSPS) is 34.5. The Morgan fingerprint density at radius 3 is 2.52 bits per heavy atom. The van der Waals surface area contributed by atoms with Gasteiger partial charge >= 0.3 is 0 Å². The van der Waals surface area contributed by atoms with E-state index in [1.807, 2.05) is 12.1 Å². The first-order chi connectivity index (χ1) is 14.8. The molecule has 3 aliphatic rings. The predicted molar refractivity (Wildman–Crippen MR) is 120 cm³/mol. The summed E-state index contributed by atoms with van der Waals surface area (Å²) in [5, 5.41) is 0.617. The van der Waals surface area contributed by atoms with E-state index in [-0.39, 0.29) is 23.8 Å². The van der Waals surface area contributed by atoms with Crippen molar-refractivity contribution < 1.29 is 4.79 Å². The summed E-state index contributed by atoms with van der Waals surface area (Å²) in [7, 11) is 0. The number of carbonyl (C=O) groups is 1. The summed E-state index contributed by atoms with van der Waals surface area (Å²) in [6.07, 6.45) is 6.03. The highest BCUT2D eigenvalue weighted by atomic mass is 35.5. The zero-order chi connectivity index (χ0) is 22.0. The Labute approximate surface area is 187 Å². The number of aromatic nitrogens is 2. The van der Waals surface area contributed by atoms with Gasteiger partial charge in [-0.25, -0.2) is 15.0 Å². The maximum Gasteiger partial charge on any atom is 0.262 e. The van der Waals surface area contributed by atoms with Crippen molar-refractivity contribution in [2.45, 2.75) is 52.1 Å². The van der Waals surface area contributed by atoms with Crippen molar-refractivity contribution in [3.8, 4) is 0 Å². The Bertz CT molecular complexity index is 1060. The van der Waals surface area contributed by atoms with Gasteiger partial charge in [-0.05, 0) is 66.3 Å². The number of fused-ring (bicyclic) bond motifs is 3. The first-order valence-corrected chi connectivity index (χ1v) is 11.4. The molecule has 1 aliphatic heterocycles. The van der Waals surface area contributed by atoms with E-state index >= 15 is 0 Å². The standard InChI is InChI=1S/C24H28ClN5O/c1-14-10-23(11-15(2)16(14)3)12-17-5-6-18(25)9-19(17)24(23)21(31)30(22(26)29-24)13-20-27-7-4-8-28-20/h4-9,14-16H,10-13H2,1-3H3,(H2,26,29)/t14-,15+,16?,23?,24-/m1/s1. The van der Waals surface area contributed by atoms with E-state index in [4.69, 9.17) is 22.3 Å². The number of guanidine groups is 1. The van der Waals surface area contributed by atoms with Crippen LogP contribution in [-0.2, 0) is 23.3 Å². The highest BCUT2D eigenvalue weighted by Gasteiger charge is 2.67. The summed E-state index contributed by atoms with van der Waals surface area (Å²) in [6.45, 7) is 7.13. The summed E-state index contributed by atoms with van der Waals surface area (Å²) in [5.41, 5.74) is 7.15. The van der Waals surface area contributed by atoms with Crippen molar-refractivity contribution in [2.75, 3.05) is 0 Å². The molecule has 2 unspecified atom stereocenters. The largest absolute Gasteiger partial charge is 0.369 e. The monoisotopic (exact) mass is 437 g/mol. The number of aliphatic imine (C=N–C) groups is 1. The molecule has 2 aliphatic carbocycles. The molecule has 2 spiro atoms. The highest BCUT2D eigenvalue weighted by molar-refractivity contribution is 6.30. The zero-order valence-corrected chi connectivity index (χ0v) is 18.9. The fourth-order valence-corrected chi connectivity index (χ4v) is 6.48. The van der Waals surface area contributed by atoms with Gasteiger partial charge in [-0.15, -0.1) is 0 Å². The van der Waals surface area contributed by atoms with Crippen LogP contribution >= 0.6 is 11.6 Å². The van der Waals surface area contributed by atoms with Gasteiger partial charge in [-0.2, -0.15) is 0 Å². The predicted octanol–water partition coefficient (Wildman–Crippen LogP) is 3.93. The van der Waals surface area contributed by atoms with Crippen molar-refractivity contribution in [1.82, 2.24) is 14.9 Å². The lowest BCUT2D eigenvalue weighted by atomic mass is 9.55. The minimum absolute atomic E-state index is 0.0765. The number of nitrogens with zero attached hydrogens (tertiary/aromatic N) is 4. The third-order valence-corrected chi connectivity index (χ3v) is 8.25. The summed E-state index contributed by atoms with van der Waals surface area (Å²) in [4.78, 5) is 29.3. The van der Waals surface area contributed by atoms with Crippen LogP contribution < -0.4 is 5.73 Å². The van der Waals surface area contributed by atoms with Crippen LogP contribution in [0.4, 0.5) is 0 Å². The van der Waals surface area contributed by atoms with Gasteiger partial charge in [0.25, 0.3) is 5.91 Å². The molecule has 2 N–H and O–H groups in total. The van der Waals surface area contributed by atoms with Crippen LogP contribution in [0.2, 0.25) is 5.02 Å². The Kier molecular flexibility index (Phi) is 4.63. The highest BCUT2D eigenvalue weighted by Crippen LogP contribution is 2.64. The van der Waals surface area contributed by atoms with E-state index in [1.54, 1.807) is 23.4 Å². The summed E-state index contributed by atoms with van der Waals surface area (Å²) in [6, 6.07) is 7.65. The van der Waals surface area contributed by atoms with Crippen LogP contribution in [0.3, 0.4) is 0 Å². The minimum atomic E-state index is -1.03. The number of rotatable bonds is 2. The van der Waals surface area contributed by atoms with E-state index in [2.05, 4.69) is 36.8 Å². The molecule has 6 nitrogen and oxygen atoms in total. The second kappa shape index (κ2) is 7.02. The molecule has 1 aromatic carbocycles. The van der Waals surface area contributed by atoms with Crippen molar-refractivity contribution in [3.63, 3.8) is 0 Å². The second-order valence-electron chi connectivity index (χ2n) is 9.72. The Balaban J connectivity index is 1.65. The van der Waals surface area contributed by atoms with Crippen LogP contribution in [-0.4, -0.2) is 26.7 Å². The molecule has 0 bridgehead atoms. The molecule has 1 amide bonds. The third-order valence-electron chi connectivity index (χ3n) is 8.01. The van der Waals surface area contributed by atoms with Crippen LogP contribution in [0.5, 0.6) is 0 Å². The van der Waals surface area contributed by atoms with Crippen LogP contribution in [0.15, 0.2) is 41.7 Å². The van der Waals surface area contributed by atoms with Gasteiger partial charge in [0.15, 0.2) is 11.5 Å². The van der Waals surface area contributed by atoms with Crippen LogP contribution in [0, 0.1) is 23.2 Å². The molecule has 31 heavy (non-hydrogen) atoms. The van der Waals surface area contributed by atoms with Gasteiger partial charge in [0.05, 0.1) is 6.54 Å². The van der Waals surface area contributed by atoms with E-state index in [9.17, 15) is 4.79 Å². The number of hydrogen-bond acceptors (Lipinski definition) is 5. The second-order valence-corrected chi connectivity index (χ2v) is 10.2. The Morgan fingerprint density at radius 1 is 1.16 bits per heavy atom. The molecule has 7 heteroatoms. The van der Waals surface area contributed by atoms with Gasteiger partial charge in [0.1, 0.15) is 5.82 Å². The molecule has 0 radical (unpaired) electrons. The molecular weight excluding hydrogens is 410 g/mol. The van der Waals surface area contributed by atoms with Crippen molar-refractivity contribution in [2.24, 2.45) is 33.9 Å². The first-order valence-electron chi connectivity index (χ1n) is 11.0. The number of amides is 1. The minimum Gasteiger partial charge on any atom is -0.369 e. The Morgan fingerprint density at radius 2 is 1.84 bits per heavy atom. The van der Waals surface area contributed by atoms with E-state index in [0.29, 0.717) is 28.6 Å². The first kappa shape index (κ1) is 20.4. The number of benzene rings is 1. The van der Waals surface area contributed by atoms with E-state index in [1.165, 1.54) is 0 Å². The van der Waals surface area contributed by atoms with Crippen LogP contribution in [0.1, 0.15) is 50.6 Å². The smallest absolute Gasteiger partial charge is 0.262 e. The van der Waals surface area contributed by atoms with Crippen molar-refractivity contribution >= 4 is 23.5 Å². The molecule has 1 saturated carbocycles. The molecular formula is C24H28ClN5O. The van der Waals surface area contributed by atoms with E-state index < -0.39 is 5.54 Å². The molecule has 0 saturated heterocycles. The maximum atomic E-state index is 14.2. The maximum absolute atomic E-state index is 14.2. The van der Waals surface area contributed by atoms with Gasteiger partial charge in [-0.1, -0.05) is 38.4 Å². The van der Waals surface area contributed by atoms with E-state index in [0.717, 1.165) is 30.4 Å².